The molecule has 2 aliphatic rings. The van der Waals surface area contributed by atoms with E-state index in [1.54, 1.807) is 12.3 Å². The number of anilines is 1. The van der Waals surface area contributed by atoms with E-state index in [1.807, 2.05) is 4.90 Å². The van der Waals surface area contributed by atoms with Gasteiger partial charge in [-0.15, -0.1) is 0 Å². The summed E-state index contributed by atoms with van der Waals surface area (Å²) in [4.78, 5) is 30.0. The number of pyridine rings is 1. The third kappa shape index (κ3) is 4.32. The number of nitrogens with zero attached hydrogens (tertiary/aromatic N) is 2. The monoisotopic (exact) mass is 379 g/mol. The van der Waals surface area contributed by atoms with E-state index in [2.05, 4.69) is 41.5 Å². The molecule has 0 bridgehead atoms. The van der Waals surface area contributed by atoms with E-state index in [0.717, 1.165) is 32.4 Å². The van der Waals surface area contributed by atoms with Gasteiger partial charge >= 0.3 is 5.97 Å². The lowest BCUT2D eigenvalue weighted by Crippen LogP contribution is -2.41. The Labute approximate surface area is 164 Å². The van der Waals surface area contributed by atoms with Crippen molar-refractivity contribution in [3.05, 3.63) is 53.3 Å². The van der Waals surface area contributed by atoms with Gasteiger partial charge in [-0.3, -0.25) is 14.6 Å². The van der Waals surface area contributed by atoms with Crippen LogP contribution in [0.3, 0.4) is 0 Å². The average Bonchev–Trinajstić information content (AvgIpc) is 3.08. The second-order valence-corrected chi connectivity index (χ2v) is 7.69. The van der Waals surface area contributed by atoms with Crippen molar-refractivity contribution in [2.45, 2.75) is 32.6 Å². The zero-order chi connectivity index (χ0) is 19.5. The fraction of sp³-hybridized carbons (Fsp3) is 0.409. The van der Waals surface area contributed by atoms with Crippen LogP contribution in [0.15, 0.2) is 36.5 Å². The van der Waals surface area contributed by atoms with Gasteiger partial charge in [0, 0.05) is 19.2 Å². The Hall–Kier alpha value is -2.89. The van der Waals surface area contributed by atoms with Gasteiger partial charge in [0.05, 0.1) is 30.5 Å². The summed E-state index contributed by atoms with van der Waals surface area (Å²) >= 11 is 0. The summed E-state index contributed by atoms with van der Waals surface area (Å²) in [5, 5.41) is 3.10. The number of hydrogen-bond donors (Lipinski definition) is 1. The highest BCUT2D eigenvalue weighted by atomic mass is 16.5. The quantitative estimate of drug-likeness (QED) is 0.809. The Morgan fingerprint density at radius 2 is 2.00 bits per heavy atom. The summed E-state index contributed by atoms with van der Waals surface area (Å²) in [6, 6.07) is 10.5. The van der Waals surface area contributed by atoms with E-state index in [1.165, 1.54) is 11.1 Å². The first-order valence-electron chi connectivity index (χ1n) is 9.83. The van der Waals surface area contributed by atoms with Crippen molar-refractivity contribution in [3.8, 4) is 5.75 Å². The number of rotatable bonds is 5. The number of benzene rings is 1. The first kappa shape index (κ1) is 18.5. The number of aryl methyl sites for hydroxylation is 1. The van der Waals surface area contributed by atoms with Gasteiger partial charge in [-0.25, -0.2) is 0 Å². The summed E-state index contributed by atoms with van der Waals surface area (Å²) < 4.78 is 5.10. The van der Waals surface area contributed by atoms with Crippen LogP contribution in [0.1, 0.15) is 29.7 Å². The molecule has 0 saturated carbocycles. The highest BCUT2D eigenvalue weighted by molar-refractivity contribution is 5.82. The Kier molecular flexibility index (Phi) is 5.28. The average molecular weight is 379 g/mol. The van der Waals surface area contributed by atoms with Gasteiger partial charge < -0.3 is 15.0 Å². The molecule has 0 radical (unpaired) electrons. The number of aromatic nitrogens is 1. The number of piperidine rings is 1. The smallest absolute Gasteiger partial charge is 0.317 e. The molecular weight excluding hydrogens is 354 g/mol. The lowest BCUT2D eigenvalue weighted by Gasteiger charge is -2.32. The van der Waals surface area contributed by atoms with E-state index in [-0.39, 0.29) is 24.8 Å². The zero-order valence-corrected chi connectivity index (χ0v) is 16.1. The van der Waals surface area contributed by atoms with Gasteiger partial charge in [-0.2, -0.15) is 0 Å². The fourth-order valence-corrected chi connectivity index (χ4v) is 3.82. The normalized spacial score (nSPS) is 16.6. The van der Waals surface area contributed by atoms with Crippen LogP contribution in [-0.2, 0) is 22.4 Å². The van der Waals surface area contributed by atoms with Crippen LogP contribution in [0.25, 0.3) is 0 Å². The lowest BCUT2D eigenvalue weighted by molar-refractivity contribution is -0.132. The van der Waals surface area contributed by atoms with E-state index >= 15 is 0 Å². The van der Waals surface area contributed by atoms with Crippen LogP contribution in [0.2, 0.25) is 0 Å². The summed E-state index contributed by atoms with van der Waals surface area (Å²) in [6.07, 6.45) is 5.01. The minimum Gasteiger partial charge on any atom is -0.424 e. The van der Waals surface area contributed by atoms with E-state index < -0.39 is 0 Å². The molecule has 1 amide bonds. The number of amides is 1. The van der Waals surface area contributed by atoms with Crippen LogP contribution in [0.4, 0.5) is 5.69 Å². The van der Waals surface area contributed by atoms with Crippen molar-refractivity contribution in [1.82, 2.24) is 9.88 Å². The maximum atomic E-state index is 12.5. The number of ether oxygens (including phenoxy) is 1. The van der Waals surface area contributed by atoms with Gasteiger partial charge in [0.2, 0.25) is 5.91 Å². The van der Waals surface area contributed by atoms with Gasteiger partial charge in [-0.1, -0.05) is 29.8 Å². The molecule has 1 fully saturated rings. The van der Waals surface area contributed by atoms with Crippen molar-refractivity contribution in [2.75, 3.05) is 25.0 Å². The Morgan fingerprint density at radius 3 is 2.75 bits per heavy atom. The summed E-state index contributed by atoms with van der Waals surface area (Å²) in [7, 11) is 0. The van der Waals surface area contributed by atoms with Gasteiger partial charge in [-0.05, 0) is 37.7 Å². The topological polar surface area (TPSA) is 71.5 Å². The molecule has 1 aromatic carbocycles. The first-order valence-corrected chi connectivity index (χ1v) is 9.83. The molecule has 28 heavy (non-hydrogen) atoms. The molecule has 1 N–H and O–H groups in total. The predicted molar refractivity (Wildman–Crippen MR) is 106 cm³/mol. The van der Waals surface area contributed by atoms with Gasteiger partial charge in [0.25, 0.3) is 0 Å². The number of nitrogens with one attached hydrogen (secondary N) is 1. The predicted octanol–water partition coefficient (Wildman–Crippen LogP) is 2.74. The number of likely N-dealkylation sites (tertiary alicyclic amines) is 1. The minimum absolute atomic E-state index is 0.0891. The second kappa shape index (κ2) is 8.00. The summed E-state index contributed by atoms with van der Waals surface area (Å²) in [6.45, 7) is 3.93. The van der Waals surface area contributed by atoms with E-state index in [9.17, 15) is 9.59 Å². The first-order chi connectivity index (χ1) is 13.6. The molecule has 2 aromatic rings. The maximum absolute atomic E-state index is 12.5. The number of carbonyl (C=O) groups excluding carboxylic acids is 2. The SMILES string of the molecule is Cc1ccc(CC2CCN(C(=O)CNc3cnc4c(c3)OC(=O)C4)CC2)cc1. The molecule has 1 saturated heterocycles. The maximum Gasteiger partial charge on any atom is 0.317 e. The van der Waals surface area contributed by atoms with Crippen LogP contribution < -0.4 is 10.1 Å². The molecule has 1 aromatic heterocycles. The molecule has 0 atom stereocenters. The van der Waals surface area contributed by atoms with Crippen molar-refractivity contribution >= 4 is 17.6 Å². The number of fused-ring (bicyclic) bond motifs is 1. The highest BCUT2D eigenvalue weighted by Crippen LogP contribution is 2.27. The van der Waals surface area contributed by atoms with Crippen LogP contribution >= 0.6 is 0 Å². The van der Waals surface area contributed by atoms with Crippen LogP contribution in [0.5, 0.6) is 5.75 Å². The molecule has 0 spiro atoms. The minimum atomic E-state index is -0.288. The summed E-state index contributed by atoms with van der Waals surface area (Å²) in [5.74, 6) is 0.921. The third-order valence-electron chi connectivity index (χ3n) is 5.52. The Balaban J connectivity index is 1.24. The number of carbonyl (C=O) groups is 2. The standard InChI is InChI=1S/C22H25N3O3/c1-15-2-4-16(5-3-15)10-17-6-8-25(9-7-17)21(26)14-23-18-11-20-19(24-13-18)12-22(27)28-20/h2-5,11,13,17,23H,6-10,12,14H2,1H3. The van der Waals surface area contributed by atoms with Gasteiger partial charge in [0.15, 0.2) is 5.75 Å². The van der Waals surface area contributed by atoms with Crippen LogP contribution in [0, 0.1) is 12.8 Å². The molecule has 146 valence electrons. The molecule has 6 heteroatoms. The van der Waals surface area contributed by atoms with Crippen molar-refractivity contribution in [2.24, 2.45) is 5.92 Å². The molecule has 0 aliphatic carbocycles. The fourth-order valence-electron chi connectivity index (χ4n) is 3.82. The van der Waals surface area contributed by atoms with Crippen molar-refractivity contribution in [3.63, 3.8) is 0 Å². The highest BCUT2D eigenvalue weighted by Gasteiger charge is 2.24. The molecule has 4 rings (SSSR count). The number of esters is 1. The molecular formula is C22H25N3O3. The van der Waals surface area contributed by atoms with E-state index in [4.69, 9.17) is 4.74 Å². The Bertz CT molecular complexity index is 871. The molecule has 6 nitrogen and oxygen atoms in total. The molecule has 0 unspecified atom stereocenters. The molecule has 2 aliphatic heterocycles. The van der Waals surface area contributed by atoms with Gasteiger partial charge in [0.1, 0.15) is 0 Å². The largest absolute Gasteiger partial charge is 0.424 e. The van der Waals surface area contributed by atoms with Crippen molar-refractivity contribution in [1.29, 1.82) is 0 Å². The van der Waals surface area contributed by atoms with Crippen LogP contribution in [-0.4, -0.2) is 41.4 Å². The zero-order valence-electron chi connectivity index (χ0n) is 16.1. The second-order valence-electron chi connectivity index (χ2n) is 7.69. The van der Waals surface area contributed by atoms with Crippen molar-refractivity contribution < 1.29 is 14.3 Å². The lowest BCUT2D eigenvalue weighted by atomic mass is 9.90. The number of hydrogen-bond acceptors (Lipinski definition) is 5. The third-order valence-corrected chi connectivity index (χ3v) is 5.52. The van der Waals surface area contributed by atoms with E-state index in [0.29, 0.717) is 23.0 Å². The molecule has 3 heterocycles. The summed E-state index contributed by atoms with van der Waals surface area (Å²) in [5.41, 5.74) is 4.00. The Morgan fingerprint density at radius 1 is 1.25 bits per heavy atom.